The summed E-state index contributed by atoms with van der Waals surface area (Å²) in [6.45, 7) is 3.90. The molecule has 1 unspecified atom stereocenters. The Bertz CT molecular complexity index is 924. The molecule has 1 aliphatic heterocycles. The molecule has 1 heterocycles. The minimum Gasteiger partial charge on any atom is -0.300 e. The van der Waals surface area contributed by atoms with E-state index >= 15 is 0 Å². The summed E-state index contributed by atoms with van der Waals surface area (Å²) in [6, 6.07) is 5.72. The molecule has 0 radical (unpaired) electrons. The molecular weight excluding hydrogens is 300 g/mol. The highest BCUT2D eigenvalue weighted by atomic mass is 16.2. The molecule has 0 bridgehead atoms. The van der Waals surface area contributed by atoms with Gasteiger partial charge >= 0.3 is 0 Å². The number of carbonyl (C=O) groups excluding carboxylic acids is 2. The second-order valence-electron chi connectivity index (χ2n) is 6.34. The molecule has 118 valence electrons. The molecular formula is C20H16N2O2. The summed E-state index contributed by atoms with van der Waals surface area (Å²) in [5.74, 6) is -1.08. The third-order valence-corrected chi connectivity index (χ3v) is 4.55. The van der Waals surface area contributed by atoms with Gasteiger partial charge in [0, 0.05) is 11.1 Å². The van der Waals surface area contributed by atoms with Crippen molar-refractivity contribution in [1.82, 2.24) is 0 Å². The second-order valence-corrected chi connectivity index (χ2v) is 6.34. The Morgan fingerprint density at radius 1 is 1.04 bits per heavy atom. The summed E-state index contributed by atoms with van der Waals surface area (Å²) >= 11 is 0. The van der Waals surface area contributed by atoms with Crippen molar-refractivity contribution in [3.8, 4) is 0 Å². The first-order valence-corrected chi connectivity index (χ1v) is 7.84. The smallest absolute Gasteiger partial charge is 0.265 e. The number of nitrogens with zero attached hydrogens (tertiary/aromatic N) is 1. The maximum Gasteiger partial charge on any atom is 0.265 e. The quantitative estimate of drug-likeness (QED) is 0.809. The first kappa shape index (κ1) is 14.6. The van der Waals surface area contributed by atoms with E-state index in [2.05, 4.69) is 0 Å². The highest BCUT2D eigenvalue weighted by Crippen LogP contribution is 2.39. The van der Waals surface area contributed by atoms with Crippen LogP contribution in [0.5, 0.6) is 0 Å². The van der Waals surface area contributed by atoms with Crippen LogP contribution in [0.3, 0.4) is 0 Å². The number of nitrogens with one attached hydrogen (secondary N) is 1. The van der Waals surface area contributed by atoms with E-state index in [-0.39, 0.29) is 11.8 Å². The Labute approximate surface area is 140 Å². The van der Waals surface area contributed by atoms with Gasteiger partial charge in [0.15, 0.2) is 0 Å². The van der Waals surface area contributed by atoms with Crippen molar-refractivity contribution < 1.29 is 9.59 Å². The van der Waals surface area contributed by atoms with Crippen LogP contribution in [0.25, 0.3) is 0 Å². The lowest BCUT2D eigenvalue weighted by molar-refractivity contribution is -0.126. The summed E-state index contributed by atoms with van der Waals surface area (Å²) in [5, 5.41) is 8.04. The Balaban J connectivity index is 1.91. The summed E-state index contributed by atoms with van der Waals surface area (Å²) in [6.07, 6.45) is 8.67. The lowest BCUT2D eigenvalue weighted by Gasteiger charge is -2.36. The molecule has 1 N–H and O–H groups in total. The Morgan fingerprint density at radius 2 is 1.75 bits per heavy atom. The van der Waals surface area contributed by atoms with E-state index in [9.17, 15) is 9.59 Å². The molecule has 1 atom stereocenters. The van der Waals surface area contributed by atoms with Gasteiger partial charge in [-0.15, -0.1) is 0 Å². The van der Waals surface area contributed by atoms with Crippen molar-refractivity contribution in [2.75, 3.05) is 4.90 Å². The van der Waals surface area contributed by atoms with Crippen LogP contribution in [0.1, 0.15) is 11.1 Å². The van der Waals surface area contributed by atoms with Gasteiger partial charge in [0.2, 0.25) is 5.91 Å². The number of anilines is 1. The van der Waals surface area contributed by atoms with Crippen LogP contribution < -0.4 is 4.90 Å². The van der Waals surface area contributed by atoms with E-state index in [4.69, 9.17) is 5.41 Å². The maximum absolute atomic E-state index is 13.0. The zero-order valence-electron chi connectivity index (χ0n) is 13.5. The number of hydrogen-bond donors (Lipinski definition) is 1. The van der Waals surface area contributed by atoms with Crippen molar-refractivity contribution in [3.63, 3.8) is 0 Å². The topological polar surface area (TPSA) is 61.2 Å². The standard InChI is InChI=1S/C20H16N2O2/c1-11-8-12(2)10-13(9-11)22-19(23)15-5-3-4-14-17(21)7-6-16(18(14)15)20(22)24/h3-10,15,21H,1-2H3. The van der Waals surface area contributed by atoms with Crippen molar-refractivity contribution in [1.29, 1.82) is 5.41 Å². The van der Waals surface area contributed by atoms with E-state index in [1.165, 1.54) is 4.90 Å². The third kappa shape index (κ3) is 1.96. The number of imide groups is 1. The van der Waals surface area contributed by atoms with Crippen LogP contribution in [-0.4, -0.2) is 17.5 Å². The molecule has 2 aliphatic carbocycles. The van der Waals surface area contributed by atoms with Crippen molar-refractivity contribution in [2.24, 2.45) is 5.92 Å². The Morgan fingerprint density at radius 3 is 2.46 bits per heavy atom. The number of hydrogen-bond acceptors (Lipinski definition) is 3. The van der Waals surface area contributed by atoms with Gasteiger partial charge in [0.1, 0.15) is 0 Å². The van der Waals surface area contributed by atoms with Crippen LogP contribution in [0.4, 0.5) is 5.69 Å². The molecule has 2 amide bonds. The van der Waals surface area contributed by atoms with Gasteiger partial charge in [-0.1, -0.05) is 24.3 Å². The second kappa shape index (κ2) is 4.99. The molecule has 0 aromatic heterocycles. The summed E-state index contributed by atoms with van der Waals surface area (Å²) < 4.78 is 0. The Hall–Kier alpha value is -3.01. The molecule has 4 nitrogen and oxygen atoms in total. The third-order valence-electron chi connectivity index (χ3n) is 4.55. The van der Waals surface area contributed by atoms with Gasteiger partial charge in [0.05, 0.1) is 17.3 Å². The lowest BCUT2D eigenvalue weighted by atomic mass is 9.76. The Kier molecular flexibility index (Phi) is 3.03. The van der Waals surface area contributed by atoms with Gasteiger partial charge in [-0.2, -0.15) is 0 Å². The normalized spacial score (nSPS) is 22.1. The minimum atomic E-state index is -0.510. The number of rotatable bonds is 1. The lowest BCUT2D eigenvalue weighted by Crippen LogP contribution is -2.47. The summed E-state index contributed by atoms with van der Waals surface area (Å²) in [5.41, 5.74) is 4.79. The van der Waals surface area contributed by atoms with Crippen LogP contribution >= 0.6 is 0 Å². The van der Waals surface area contributed by atoms with Crippen molar-refractivity contribution >= 4 is 23.2 Å². The number of carbonyl (C=O) groups is 2. The predicted molar refractivity (Wildman–Crippen MR) is 93.0 cm³/mol. The molecule has 0 fully saturated rings. The largest absolute Gasteiger partial charge is 0.300 e. The molecule has 24 heavy (non-hydrogen) atoms. The molecule has 3 aliphatic rings. The van der Waals surface area contributed by atoms with E-state index in [1.807, 2.05) is 32.0 Å². The zero-order valence-corrected chi connectivity index (χ0v) is 13.5. The highest BCUT2D eigenvalue weighted by Gasteiger charge is 2.43. The van der Waals surface area contributed by atoms with Gasteiger partial charge in [-0.3, -0.25) is 9.59 Å². The van der Waals surface area contributed by atoms with Crippen LogP contribution in [-0.2, 0) is 9.59 Å². The first-order chi connectivity index (χ1) is 11.5. The molecule has 1 aromatic carbocycles. The number of allylic oxidation sites excluding steroid dienone is 4. The van der Waals surface area contributed by atoms with E-state index in [0.717, 1.165) is 11.1 Å². The van der Waals surface area contributed by atoms with Gasteiger partial charge < -0.3 is 5.41 Å². The fourth-order valence-corrected chi connectivity index (χ4v) is 3.59. The van der Waals surface area contributed by atoms with Crippen LogP contribution in [0, 0.1) is 25.2 Å². The van der Waals surface area contributed by atoms with E-state index in [1.54, 1.807) is 30.4 Å². The monoisotopic (exact) mass is 316 g/mol. The molecule has 0 saturated carbocycles. The van der Waals surface area contributed by atoms with Crippen molar-refractivity contribution in [2.45, 2.75) is 13.8 Å². The van der Waals surface area contributed by atoms with E-state index in [0.29, 0.717) is 28.1 Å². The number of amides is 2. The fraction of sp³-hybridized carbons (Fsp3) is 0.150. The molecule has 1 aromatic rings. The van der Waals surface area contributed by atoms with E-state index < -0.39 is 5.92 Å². The highest BCUT2D eigenvalue weighted by molar-refractivity contribution is 6.30. The molecule has 0 spiro atoms. The first-order valence-electron chi connectivity index (χ1n) is 7.84. The molecule has 4 rings (SSSR count). The molecule has 0 saturated heterocycles. The summed E-state index contributed by atoms with van der Waals surface area (Å²) in [4.78, 5) is 27.3. The fourth-order valence-electron chi connectivity index (χ4n) is 3.59. The summed E-state index contributed by atoms with van der Waals surface area (Å²) in [7, 11) is 0. The van der Waals surface area contributed by atoms with Gasteiger partial charge in [-0.25, -0.2) is 4.90 Å². The minimum absolute atomic E-state index is 0.256. The van der Waals surface area contributed by atoms with Crippen LogP contribution in [0.15, 0.2) is 65.3 Å². The molecule has 4 heteroatoms. The number of aryl methyl sites for hydroxylation is 2. The van der Waals surface area contributed by atoms with Crippen LogP contribution in [0.2, 0.25) is 0 Å². The average Bonchev–Trinajstić information content (AvgIpc) is 2.53. The van der Waals surface area contributed by atoms with Gasteiger partial charge in [-0.05, 0) is 54.8 Å². The zero-order chi connectivity index (χ0) is 17.0. The van der Waals surface area contributed by atoms with Gasteiger partial charge in [0.25, 0.3) is 5.91 Å². The average molecular weight is 316 g/mol. The predicted octanol–water partition coefficient (Wildman–Crippen LogP) is 3.18. The maximum atomic E-state index is 13.0. The number of benzene rings is 1. The van der Waals surface area contributed by atoms with Crippen molar-refractivity contribution in [3.05, 3.63) is 76.4 Å². The SMILES string of the molecule is Cc1cc(C)cc(N2C(=O)C3=C4C(=CC=CC4C2=O)C(=N)C=C3)c1.